The Morgan fingerprint density at radius 2 is 1.92 bits per heavy atom. The fraction of sp³-hybridized carbons (Fsp3) is 0.353. The number of hydrazine groups is 1. The van der Waals surface area contributed by atoms with Gasteiger partial charge in [0.1, 0.15) is 5.82 Å². The fourth-order valence-electron chi connectivity index (χ4n) is 2.37. The van der Waals surface area contributed by atoms with E-state index in [0.717, 1.165) is 5.56 Å². The molecule has 6 nitrogen and oxygen atoms in total. The minimum Gasteiger partial charge on any atom is -0.460 e. The Morgan fingerprint density at radius 3 is 2.54 bits per heavy atom. The first-order valence-corrected chi connectivity index (χ1v) is 7.62. The molecule has 1 atom stereocenters. The van der Waals surface area contributed by atoms with Crippen molar-refractivity contribution in [3.05, 3.63) is 47.4 Å². The zero-order valence-corrected chi connectivity index (χ0v) is 13.5. The van der Waals surface area contributed by atoms with E-state index in [1.807, 2.05) is 6.92 Å². The first-order chi connectivity index (χ1) is 11.4. The summed E-state index contributed by atoms with van der Waals surface area (Å²) in [6, 6.07) is 5.78. The van der Waals surface area contributed by atoms with Gasteiger partial charge >= 0.3 is 5.97 Å². The highest BCUT2D eigenvalue weighted by Gasteiger charge is 2.30. The number of nitrogens with one attached hydrogen (secondary N) is 1. The van der Waals surface area contributed by atoms with Crippen molar-refractivity contribution in [2.45, 2.75) is 32.9 Å². The van der Waals surface area contributed by atoms with Gasteiger partial charge in [0, 0.05) is 18.3 Å². The summed E-state index contributed by atoms with van der Waals surface area (Å²) < 4.78 is 17.5. The number of hydrogen-bond acceptors (Lipinski definition) is 6. The number of halogens is 1. The van der Waals surface area contributed by atoms with Gasteiger partial charge in [-0.1, -0.05) is 12.1 Å². The molecule has 0 aromatic heterocycles. The van der Waals surface area contributed by atoms with Gasteiger partial charge in [-0.25, -0.2) is 14.2 Å². The van der Waals surface area contributed by atoms with Crippen molar-refractivity contribution in [1.29, 1.82) is 0 Å². The maximum atomic E-state index is 12.9. The minimum absolute atomic E-state index is 0.0882. The number of hydrogen-bond donors (Lipinski definition) is 1. The number of ketones is 2. The number of ether oxygens (including phenoxy) is 1. The summed E-state index contributed by atoms with van der Waals surface area (Å²) in [5.74, 6) is -2.58. The number of Topliss-reactive ketones (excluding diaryl/α,β-unsaturated/α-hetero) is 2. The third kappa shape index (κ3) is 4.26. The molecule has 0 radical (unpaired) electrons. The van der Waals surface area contributed by atoms with Crippen LogP contribution in [-0.2, 0) is 25.7 Å². The van der Waals surface area contributed by atoms with E-state index >= 15 is 0 Å². The quantitative estimate of drug-likeness (QED) is 0.463. The van der Waals surface area contributed by atoms with Gasteiger partial charge in [-0.2, -0.15) is 0 Å². The van der Waals surface area contributed by atoms with E-state index in [1.165, 1.54) is 18.3 Å². The monoisotopic (exact) mass is 334 g/mol. The molecule has 24 heavy (non-hydrogen) atoms. The predicted octanol–water partition coefficient (Wildman–Crippen LogP) is 1.51. The average Bonchev–Trinajstić information content (AvgIpc) is 2.90. The van der Waals surface area contributed by atoms with E-state index in [2.05, 4.69) is 10.2 Å². The molecule has 0 spiro atoms. The van der Waals surface area contributed by atoms with Crippen molar-refractivity contribution in [3.63, 3.8) is 0 Å². The van der Waals surface area contributed by atoms with E-state index in [-0.39, 0.29) is 18.5 Å². The number of benzene rings is 1. The molecule has 0 aliphatic carbocycles. The Balaban J connectivity index is 1.93. The molecule has 0 amide bonds. The van der Waals surface area contributed by atoms with Crippen LogP contribution in [0, 0.1) is 5.82 Å². The van der Waals surface area contributed by atoms with Crippen LogP contribution >= 0.6 is 0 Å². The lowest BCUT2D eigenvalue weighted by Gasteiger charge is -2.23. The second-order valence-electron chi connectivity index (χ2n) is 5.40. The van der Waals surface area contributed by atoms with Gasteiger partial charge in [0.25, 0.3) is 0 Å². The van der Waals surface area contributed by atoms with Crippen molar-refractivity contribution < 1.29 is 23.5 Å². The normalized spacial score (nSPS) is 17.1. The summed E-state index contributed by atoms with van der Waals surface area (Å²) in [6.45, 7) is 3.94. The van der Waals surface area contributed by atoms with Gasteiger partial charge in [-0.05, 0) is 31.5 Å². The molecule has 0 fully saturated rings. The average molecular weight is 334 g/mol. The van der Waals surface area contributed by atoms with Crippen LogP contribution in [0.25, 0.3) is 0 Å². The first-order valence-electron chi connectivity index (χ1n) is 7.62. The minimum atomic E-state index is -0.992. The van der Waals surface area contributed by atoms with Crippen LogP contribution in [0.5, 0.6) is 0 Å². The summed E-state index contributed by atoms with van der Waals surface area (Å²) in [7, 11) is 0. The fourth-order valence-corrected chi connectivity index (χ4v) is 2.37. The van der Waals surface area contributed by atoms with Gasteiger partial charge in [0.05, 0.1) is 19.1 Å². The number of esters is 1. The topological polar surface area (TPSA) is 75.7 Å². The molecule has 2 rings (SSSR count). The largest absolute Gasteiger partial charge is 0.460 e. The molecule has 1 aliphatic heterocycles. The Hall–Kier alpha value is -2.54. The third-order valence-corrected chi connectivity index (χ3v) is 3.72. The van der Waals surface area contributed by atoms with E-state index in [1.54, 1.807) is 24.1 Å². The second kappa shape index (κ2) is 7.83. The second-order valence-corrected chi connectivity index (χ2v) is 5.40. The highest BCUT2D eigenvalue weighted by atomic mass is 19.1. The Kier molecular flexibility index (Phi) is 5.81. The predicted molar refractivity (Wildman–Crippen MR) is 83.9 cm³/mol. The van der Waals surface area contributed by atoms with Crippen LogP contribution in [0.15, 0.2) is 36.0 Å². The molecule has 0 bridgehead atoms. The van der Waals surface area contributed by atoms with Gasteiger partial charge in [0.2, 0.25) is 5.78 Å². The number of nitrogens with zero attached hydrogens (tertiary/aromatic N) is 1. The maximum absolute atomic E-state index is 12.9. The number of carbonyl (C=O) groups is 3. The molecule has 1 aromatic carbocycles. The lowest BCUT2D eigenvalue weighted by molar-refractivity contribution is -0.154. The lowest BCUT2D eigenvalue weighted by Crippen LogP contribution is -2.37. The van der Waals surface area contributed by atoms with Crippen molar-refractivity contribution >= 4 is 17.5 Å². The maximum Gasteiger partial charge on any atom is 0.375 e. The Morgan fingerprint density at radius 1 is 1.25 bits per heavy atom. The SMILES string of the molecule is CCOC(=O)C(=O)CC(=O)C1=CNN(Cc2ccc(F)cc2)C1C. The molecular weight excluding hydrogens is 315 g/mol. The molecule has 0 saturated carbocycles. The van der Waals surface area contributed by atoms with Crippen LogP contribution < -0.4 is 5.43 Å². The van der Waals surface area contributed by atoms with Crippen LogP contribution in [-0.4, -0.2) is 35.2 Å². The molecule has 1 heterocycles. The van der Waals surface area contributed by atoms with E-state index < -0.39 is 24.0 Å². The summed E-state index contributed by atoms with van der Waals surface area (Å²) in [6.07, 6.45) is 1.01. The third-order valence-electron chi connectivity index (χ3n) is 3.72. The van der Waals surface area contributed by atoms with Crippen molar-refractivity contribution in [3.8, 4) is 0 Å². The zero-order chi connectivity index (χ0) is 17.7. The first kappa shape index (κ1) is 17.8. The van der Waals surface area contributed by atoms with Gasteiger partial charge in [-0.15, -0.1) is 0 Å². The van der Waals surface area contributed by atoms with E-state index in [0.29, 0.717) is 12.1 Å². The van der Waals surface area contributed by atoms with Crippen LogP contribution in [0.3, 0.4) is 0 Å². The standard InChI is InChI=1S/C17H19FN2O4/c1-3-24-17(23)16(22)8-15(21)14-9-19-20(11(14)2)10-12-4-6-13(18)7-5-12/h4-7,9,11,19H,3,8,10H2,1-2H3. The lowest BCUT2D eigenvalue weighted by atomic mass is 10.0. The molecule has 1 unspecified atom stereocenters. The molecule has 1 N–H and O–H groups in total. The van der Waals surface area contributed by atoms with E-state index in [9.17, 15) is 18.8 Å². The van der Waals surface area contributed by atoms with Crippen LogP contribution in [0.1, 0.15) is 25.8 Å². The van der Waals surface area contributed by atoms with Crippen molar-refractivity contribution in [2.24, 2.45) is 0 Å². The smallest absolute Gasteiger partial charge is 0.375 e. The molecule has 128 valence electrons. The molecule has 0 saturated heterocycles. The Bertz CT molecular complexity index is 670. The summed E-state index contributed by atoms with van der Waals surface area (Å²) in [5, 5.41) is 1.79. The van der Waals surface area contributed by atoms with Gasteiger partial charge in [-0.3, -0.25) is 9.59 Å². The zero-order valence-electron chi connectivity index (χ0n) is 13.5. The van der Waals surface area contributed by atoms with Crippen molar-refractivity contribution in [2.75, 3.05) is 6.61 Å². The molecular formula is C17H19FN2O4. The van der Waals surface area contributed by atoms with Crippen molar-refractivity contribution in [1.82, 2.24) is 10.4 Å². The van der Waals surface area contributed by atoms with Crippen LogP contribution in [0.2, 0.25) is 0 Å². The molecule has 1 aromatic rings. The summed E-state index contributed by atoms with van der Waals surface area (Å²) in [5.41, 5.74) is 4.24. The highest BCUT2D eigenvalue weighted by molar-refractivity contribution is 6.38. The summed E-state index contributed by atoms with van der Waals surface area (Å²) >= 11 is 0. The van der Waals surface area contributed by atoms with Gasteiger partial charge < -0.3 is 10.2 Å². The highest BCUT2D eigenvalue weighted by Crippen LogP contribution is 2.19. The number of carbonyl (C=O) groups excluding carboxylic acids is 3. The molecule has 7 heteroatoms. The Labute approximate surface area is 139 Å². The van der Waals surface area contributed by atoms with Crippen LogP contribution in [0.4, 0.5) is 4.39 Å². The molecule has 1 aliphatic rings. The number of rotatable bonds is 7. The van der Waals surface area contributed by atoms with Gasteiger partial charge in [0.15, 0.2) is 5.78 Å². The van der Waals surface area contributed by atoms with E-state index in [4.69, 9.17) is 0 Å². The summed E-state index contributed by atoms with van der Waals surface area (Å²) in [4.78, 5) is 35.1.